The molecule has 4 rings (SSSR count). The number of amides is 1. The van der Waals surface area contributed by atoms with Gasteiger partial charge in [0.05, 0.1) is 12.7 Å². The van der Waals surface area contributed by atoms with Crippen molar-refractivity contribution in [3.8, 4) is 11.5 Å². The normalized spacial score (nSPS) is 14.5. The third-order valence-corrected chi connectivity index (χ3v) is 5.44. The summed E-state index contributed by atoms with van der Waals surface area (Å²) in [6.07, 6.45) is -3.06. The lowest BCUT2D eigenvalue weighted by molar-refractivity contribution is -0.142. The van der Waals surface area contributed by atoms with Crippen molar-refractivity contribution in [3.63, 3.8) is 0 Å². The number of methoxy groups -OCH3 is 1. The zero-order valence-corrected chi connectivity index (χ0v) is 19.8. The summed E-state index contributed by atoms with van der Waals surface area (Å²) in [5.74, 6) is -1.14. The molecule has 0 fully saturated rings. The molecule has 0 saturated heterocycles. The largest absolute Gasteiger partial charge is 0.468 e. The minimum Gasteiger partial charge on any atom is -0.468 e. The number of nitrogens with two attached hydrogens (primary N) is 1. The maximum Gasteiger partial charge on any atom is 0.420 e. The van der Waals surface area contributed by atoms with Crippen LogP contribution in [0.3, 0.4) is 0 Å². The molecule has 1 amide bonds. The fraction of sp³-hybridized carbons (Fsp3) is 0.154. The van der Waals surface area contributed by atoms with E-state index in [1.54, 1.807) is 36.4 Å². The van der Waals surface area contributed by atoms with Crippen LogP contribution in [0.25, 0.3) is 11.6 Å². The Labute approximate surface area is 211 Å². The minimum atomic E-state index is -4.69. The van der Waals surface area contributed by atoms with Crippen molar-refractivity contribution in [1.29, 1.82) is 0 Å². The number of halogens is 4. The highest BCUT2D eigenvalue weighted by Crippen LogP contribution is 2.40. The van der Waals surface area contributed by atoms with Crippen molar-refractivity contribution in [3.05, 3.63) is 89.0 Å². The SMILES string of the molecule is COC(=O)[C@@H](N)Cc1ccc(Oc2ccc(/C=C3/C(=O)Nc4ccccc43)cc2C(F)(F)F)cc1.Cl. The van der Waals surface area contributed by atoms with Crippen molar-refractivity contribution in [2.24, 2.45) is 5.73 Å². The molecule has 188 valence electrons. The molecule has 6 nitrogen and oxygen atoms in total. The lowest BCUT2D eigenvalue weighted by Gasteiger charge is -2.15. The van der Waals surface area contributed by atoms with Gasteiger partial charge in [0.25, 0.3) is 5.91 Å². The topological polar surface area (TPSA) is 90.7 Å². The summed E-state index contributed by atoms with van der Waals surface area (Å²) in [4.78, 5) is 23.8. The van der Waals surface area contributed by atoms with Gasteiger partial charge in [0, 0.05) is 16.8 Å². The number of para-hydroxylation sites is 1. The summed E-state index contributed by atoms with van der Waals surface area (Å²) >= 11 is 0. The summed E-state index contributed by atoms with van der Waals surface area (Å²) in [5.41, 5.74) is 7.18. The Balaban J connectivity index is 0.00000361. The molecule has 10 heteroatoms. The minimum absolute atomic E-state index is 0. The second-order valence-corrected chi connectivity index (χ2v) is 7.89. The standard InChI is InChI=1S/C26H21F3N2O4.ClH/c1-34-25(33)21(30)14-15-6-9-17(10-7-15)35-23-11-8-16(13-20(23)26(27,28)29)12-19-18-4-2-3-5-22(18)31-24(19)32;/h2-13,21H,14,30H2,1H3,(H,31,32);1H/b19-12+;/t21-;/m0./s1. The van der Waals surface area contributed by atoms with Crippen molar-refractivity contribution >= 4 is 41.6 Å². The maximum absolute atomic E-state index is 13.8. The van der Waals surface area contributed by atoms with Crippen LogP contribution in [0.5, 0.6) is 11.5 Å². The van der Waals surface area contributed by atoms with Crippen LogP contribution in [-0.4, -0.2) is 25.0 Å². The first-order valence-electron chi connectivity index (χ1n) is 10.6. The van der Waals surface area contributed by atoms with E-state index in [1.807, 2.05) is 0 Å². The Bertz CT molecular complexity index is 1310. The zero-order chi connectivity index (χ0) is 25.2. The Morgan fingerprint density at radius 1 is 1.08 bits per heavy atom. The number of anilines is 1. The van der Waals surface area contributed by atoms with Crippen LogP contribution < -0.4 is 15.8 Å². The van der Waals surface area contributed by atoms with E-state index in [4.69, 9.17) is 10.5 Å². The van der Waals surface area contributed by atoms with Gasteiger partial charge in [-0.1, -0.05) is 36.4 Å². The molecule has 1 heterocycles. The van der Waals surface area contributed by atoms with Crippen LogP contribution >= 0.6 is 12.4 Å². The number of fused-ring (bicyclic) bond motifs is 1. The molecule has 36 heavy (non-hydrogen) atoms. The fourth-order valence-corrected chi connectivity index (χ4v) is 3.71. The highest BCUT2D eigenvalue weighted by atomic mass is 35.5. The second kappa shape index (κ2) is 10.8. The van der Waals surface area contributed by atoms with Crippen LogP contribution in [0.1, 0.15) is 22.3 Å². The van der Waals surface area contributed by atoms with E-state index < -0.39 is 23.8 Å². The van der Waals surface area contributed by atoms with E-state index in [9.17, 15) is 22.8 Å². The number of nitrogens with one attached hydrogen (secondary N) is 1. The maximum atomic E-state index is 13.8. The van der Waals surface area contributed by atoms with Crippen LogP contribution in [-0.2, 0) is 26.9 Å². The quantitative estimate of drug-likeness (QED) is 0.334. The van der Waals surface area contributed by atoms with Crippen LogP contribution in [0.15, 0.2) is 66.7 Å². The van der Waals surface area contributed by atoms with Crippen LogP contribution in [0, 0.1) is 0 Å². The van der Waals surface area contributed by atoms with Crippen molar-refractivity contribution in [2.75, 3.05) is 12.4 Å². The molecule has 0 spiro atoms. The molecule has 0 bridgehead atoms. The Kier molecular flexibility index (Phi) is 8.07. The highest BCUT2D eigenvalue weighted by molar-refractivity contribution is 6.34. The molecule has 0 aliphatic carbocycles. The summed E-state index contributed by atoms with van der Waals surface area (Å²) in [7, 11) is 1.24. The van der Waals surface area contributed by atoms with Gasteiger partial charge in [0.2, 0.25) is 0 Å². The third kappa shape index (κ3) is 5.87. The number of rotatable bonds is 6. The first-order chi connectivity index (χ1) is 16.7. The van der Waals surface area contributed by atoms with Gasteiger partial charge in [-0.15, -0.1) is 12.4 Å². The Morgan fingerprint density at radius 3 is 2.44 bits per heavy atom. The predicted molar refractivity (Wildman–Crippen MR) is 132 cm³/mol. The van der Waals surface area contributed by atoms with Gasteiger partial charge in [-0.2, -0.15) is 13.2 Å². The predicted octanol–water partition coefficient (Wildman–Crippen LogP) is 5.46. The van der Waals surface area contributed by atoms with Crippen molar-refractivity contribution in [1.82, 2.24) is 0 Å². The van der Waals surface area contributed by atoms with E-state index >= 15 is 0 Å². The van der Waals surface area contributed by atoms with Crippen LogP contribution in [0.4, 0.5) is 18.9 Å². The molecule has 0 unspecified atom stereocenters. The molecule has 0 aromatic heterocycles. The monoisotopic (exact) mass is 518 g/mol. The molecule has 3 aromatic rings. The molecule has 0 saturated carbocycles. The van der Waals surface area contributed by atoms with E-state index in [1.165, 1.54) is 37.5 Å². The number of ether oxygens (including phenoxy) is 2. The zero-order valence-electron chi connectivity index (χ0n) is 19.0. The summed E-state index contributed by atoms with van der Waals surface area (Å²) in [6, 6.07) is 15.9. The fourth-order valence-electron chi connectivity index (χ4n) is 3.71. The number of carbonyl (C=O) groups is 2. The number of esters is 1. The molecule has 3 N–H and O–H groups in total. The Hall–Kier alpha value is -3.82. The van der Waals surface area contributed by atoms with Gasteiger partial charge in [-0.25, -0.2) is 0 Å². The van der Waals surface area contributed by atoms with Crippen molar-refractivity contribution in [2.45, 2.75) is 18.6 Å². The molecular formula is C26H22ClF3N2O4. The van der Waals surface area contributed by atoms with Crippen LogP contribution in [0.2, 0.25) is 0 Å². The summed E-state index contributed by atoms with van der Waals surface area (Å²) in [6.45, 7) is 0. The summed E-state index contributed by atoms with van der Waals surface area (Å²) < 4.78 is 51.6. The van der Waals surface area contributed by atoms with E-state index in [2.05, 4.69) is 10.1 Å². The summed E-state index contributed by atoms with van der Waals surface area (Å²) in [5, 5.41) is 2.69. The molecular weight excluding hydrogens is 497 g/mol. The number of benzene rings is 3. The first-order valence-corrected chi connectivity index (χ1v) is 10.6. The van der Waals surface area contributed by atoms with Crippen molar-refractivity contribution < 1.29 is 32.2 Å². The molecule has 1 atom stereocenters. The molecule has 0 radical (unpaired) electrons. The van der Waals surface area contributed by atoms with Gasteiger partial charge in [0.1, 0.15) is 17.5 Å². The van der Waals surface area contributed by atoms with E-state index in [-0.39, 0.29) is 47.4 Å². The van der Waals surface area contributed by atoms with E-state index in [0.717, 1.165) is 6.07 Å². The van der Waals surface area contributed by atoms with Gasteiger partial charge in [-0.3, -0.25) is 9.59 Å². The lowest BCUT2D eigenvalue weighted by atomic mass is 10.0. The van der Waals surface area contributed by atoms with Gasteiger partial charge < -0.3 is 20.5 Å². The number of hydrogen-bond donors (Lipinski definition) is 2. The van der Waals surface area contributed by atoms with E-state index in [0.29, 0.717) is 16.8 Å². The second-order valence-electron chi connectivity index (χ2n) is 7.89. The lowest BCUT2D eigenvalue weighted by Crippen LogP contribution is -2.33. The Morgan fingerprint density at radius 2 is 1.78 bits per heavy atom. The highest BCUT2D eigenvalue weighted by Gasteiger charge is 2.35. The number of alkyl halides is 3. The molecule has 3 aromatic carbocycles. The average Bonchev–Trinajstić information content (AvgIpc) is 3.14. The van der Waals surface area contributed by atoms with Gasteiger partial charge in [0.15, 0.2) is 0 Å². The average molecular weight is 519 g/mol. The molecule has 1 aliphatic rings. The van der Waals surface area contributed by atoms with Gasteiger partial charge in [-0.05, 0) is 54.0 Å². The number of carbonyl (C=O) groups excluding carboxylic acids is 2. The van der Waals surface area contributed by atoms with Gasteiger partial charge >= 0.3 is 12.1 Å². The number of hydrogen-bond acceptors (Lipinski definition) is 5. The first kappa shape index (κ1) is 26.8. The molecule has 1 aliphatic heterocycles. The third-order valence-electron chi connectivity index (χ3n) is 5.44. The smallest absolute Gasteiger partial charge is 0.420 e.